The quantitative estimate of drug-likeness (QED) is 0.114. The van der Waals surface area contributed by atoms with E-state index in [1.165, 1.54) is 60.8 Å². The fourth-order valence-electron chi connectivity index (χ4n) is 9.56. The summed E-state index contributed by atoms with van der Waals surface area (Å²) in [6, 6.07) is 69.5. The molecule has 310 valence electrons. The van der Waals surface area contributed by atoms with Crippen LogP contribution in [0.5, 0.6) is 0 Å². The average Bonchev–Trinajstić information content (AvgIpc) is 3.50. The van der Waals surface area contributed by atoms with Crippen LogP contribution >= 0.6 is 0 Å². The Hall–Kier alpha value is -8.27. The van der Waals surface area contributed by atoms with Crippen LogP contribution in [-0.2, 0) is 6.42 Å². The molecule has 11 rings (SSSR count). The Labute approximate surface area is 380 Å². The normalized spacial score (nSPS) is 13.8. The number of para-hydroxylation sites is 1. The fraction of sp³-hybridized carbons (Fsp3) is 0.0484. The number of benzene rings is 8. The number of amidine groups is 1. The van der Waals surface area contributed by atoms with E-state index in [2.05, 4.69) is 211 Å². The molecule has 0 amide bonds. The van der Waals surface area contributed by atoms with Gasteiger partial charge in [-0.15, -0.1) is 0 Å². The third kappa shape index (κ3) is 7.79. The predicted octanol–water partition coefficient (Wildman–Crippen LogP) is 13.4. The highest BCUT2D eigenvalue weighted by atomic mass is 15.0. The van der Waals surface area contributed by atoms with E-state index in [4.69, 9.17) is 10.7 Å². The Morgan fingerprint density at radius 3 is 2.08 bits per heavy atom. The molecule has 0 fully saturated rings. The molecular formula is C62H47N3. The maximum absolute atomic E-state index is 6.87. The van der Waals surface area contributed by atoms with Crippen LogP contribution in [0.4, 0.5) is 0 Å². The summed E-state index contributed by atoms with van der Waals surface area (Å²) < 4.78 is 2.45. The Morgan fingerprint density at radius 2 is 1.23 bits per heavy atom. The van der Waals surface area contributed by atoms with Crippen LogP contribution in [0.15, 0.2) is 235 Å². The van der Waals surface area contributed by atoms with Gasteiger partial charge in [-0.25, -0.2) is 4.99 Å². The van der Waals surface area contributed by atoms with E-state index in [9.17, 15) is 0 Å². The van der Waals surface area contributed by atoms with E-state index in [0.717, 1.165) is 50.5 Å². The number of allylic oxidation sites excluding steroid dienone is 6. The number of aromatic nitrogens is 1. The lowest BCUT2D eigenvalue weighted by Crippen LogP contribution is -2.29. The third-order valence-corrected chi connectivity index (χ3v) is 12.7. The summed E-state index contributed by atoms with van der Waals surface area (Å²) >= 11 is 0. The molecule has 0 unspecified atom stereocenters. The molecule has 65 heavy (non-hydrogen) atoms. The summed E-state index contributed by atoms with van der Waals surface area (Å²) in [5.74, 6) is 0.494. The van der Waals surface area contributed by atoms with Gasteiger partial charge in [0.2, 0.25) is 0 Å². The lowest BCUT2D eigenvalue weighted by molar-refractivity contribution is 1.10. The van der Waals surface area contributed by atoms with Crippen LogP contribution in [0.2, 0.25) is 0 Å². The number of fused-ring (bicyclic) bond motifs is 5. The van der Waals surface area contributed by atoms with Crippen molar-refractivity contribution in [3.8, 4) is 27.9 Å². The van der Waals surface area contributed by atoms with Crippen LogP contribution in [-0.4, -0.2) is 10.4 Å². The van der Waals surface area contributed by atoms with Crippen molar-refractivity contribution in [2.45, 2.75) is 19.3 Å². The van der Waals surface area contributed by atoms with Crippen LogP contribution in [0.25, 0.3) is 72.9 Å². The Balaban J connectivity index is 1.13. The minimum absolute atomic E-state index is 0.494. The number of nitrogens with two attached hydrogens (primary N) is 1. The minimum atomic E-state index is 0.494. The highest BCUT2D eigenvalue weighted by Gasteiger charge is 2.19. The van der Waals surface area contributed by atoms with Gasteiger partial charge in [0.25, 0.3) is 0 Å². The van der Waals surface area contributed by atoms with Gasteiger partial charge in [-0.05, 0) is 115 Å². The molecule has 0 spiro atoms. The van der Waals surface area contributed by atoms with Crippen molar-refractivity contribution in [3.63, 3.8) is 0 Å². The van der Waals surface area contributed by atoms with Crippen LogP contribution in [0.3, 0.4) is 0 Å². The molecule has 3 nitrogen and oxygen atoms in total. The number of hydrogen-bond donors (Lipinski definition) is 1. The van der Waals surface area contributed by atoms with Crippen molar-refractivity contribution in [1.29, 1.82) is 0 Å². The molecule has 1 heterocycles. The van der Waals surface area contributed by atoms with Gasteiger partial charge in [0.1, 0.15) is 5.84 Å². The molecule has 2 N–H and O–H groups in total. The monoisotopic (exact) mass is 833 g/mol. The minimum Gasteiger partial charge on any atom is -0.383 e. The summed E-state index contributed by atoms with van der Waals surface area (Å²) in [4.78, 5) is 5.26. The second-order valence-corrected chi connectivity index (χ2v) is 16.8. The third-order valence-electron chi connectivity index (χ3n) is 12.7. The maximum Gasteiger partial charge on any atom is 0.131 e. The molecule has 0 atom stereocenters. The van der Waals surface area contributed by atoms with E-state index in [1.807, 2.05) is 30.3 Å². The predicted molar refractivity (Wildman–Crippen MR) is 275 cm³/mol. The SMILES string of the molecule is NC(=N/C(=C\Cc1ccc(-c2ccccc2)cc1)C1=c2ccccc2=C(c2cc(-c3cccc4ccccc34)cc(-n3c4c(c5ccccc53)C=CCC=C4)c2)C=CC1)c1ccccc1. The second kappa shape index (κ2) is 17.5. The van der Waals surface area contributed by atoms with E-state index in [0.29, 0.717) is 18.7 Å². The Kier molecular flexibility index (Phi) is 10.6. The summed E-state index contributed by atoms with van der Waals surface area (Å²) in [7, 11) is 0. The largest absolute Gasteiger partial charge is 0.383 e. The first-order chi connectivity index (χ1) is 32.2. The number of rotatable bonds is 9. The van der Waals surface area contributed by atoms with Crippen LogP contribution < -0.4 is 16.2 Å². The van der Waals surface area contributed by atoms with E-state index in [1.54, 1.807) is 0 Å². The molecule has 0 bridgehead atoms. The van der Waals surface area contributed by atoms with Gasteiger partial charge in [-0.1, -0.05) is 206 Å². The van der Waals surface area contributed by atoms with Gasteiger partial charge in [0, 0.05) is 22.2 Å². The van der Waals surface area contributed by atoms with E-state index in [-0.39, 0.29) is 0 Å². The molecule has 2 aliphatic rings. The Morgan fingerprint density at radius 1 is 0.554 bits per heavy atom. The molecule has 3 heteroatoms. The lowest BCUT2D eigenvalue weighted by Gasteiger charge is -2.16. The van der Waals surface area contributed by atoms with Crippen molar-refractivity contribution in [1.82, 2.24) is 4.57 Å². The van der Waals surface area contributed by atoms with Crippen molar-refractivity contribution >= 4 is 50.8 Å². The van der Waals surface area contributed by atoms with Gasteiger partial charge < -0.3 is 10.3 Å². The number of nitrogens with zero attached hydrogens (tertiary/aromatic N) is 2. The zero-order chi connectivity index (χ0) is 43.5. The van der Waals surface area contributed by atoms with Gasteiger partial charge >= 0.3 is 0 Å². The molecule has 0 saturated carbocycles. The zero-order valence-corrected chi connectivity index (χ0v) is 36.1. The smallest absolute Gasteiger partial charge is 0.131 e. The highest BCUT2D eigenvalue weighted by Crippen LogP contribution is 2.38. The van der Waals surface area contributed by atoms with Gasteiger partial charge in [-0.3, -0.25) is 0 Å². The molecule has 0 saturated heterocycles. The van der Waals surface area contributed by atoms with Gasteiger partial charge in [-0.2, -0.15) is 0 Å². The van der Waals surface area contributed by atoms with Gasteiger partial charge in [0.05, 0.1) is 16.9 Å². The first kappa shape index (κ1) is 39.6. The topological polar surface area (TPSA) is 43.3 Å². The molecular weight excluding hydrogens is 787 g/mol. The summed E-state index contributed by atoms with van der Waals surface area (Å²) in [6.45, 7) is 0. The summed E-state index contributed by atoms with van der Waals surface area (Å²) in [5, 5.41) is 6.00. The molecule has 1 aromatic heterocycles. The van der Waals surface area contributed by atoms with Crippen LogP contribution in [0, 0.1) is 0 Å². The fourth-order valence-corrected chi connectivity index (χ4v) is 9.56. The lowest BCUT2D eigenvalue weighted by atomic mass is 9.93. The van der Waals surface area contributed by atoms with Crippen molar-refractivity contribution in [3.05, 3.63) is 269 Å². The number of aliphatic imine (C=N–C) groups is 1. The molecule has 0 radical (unpaired) electrons. The zero-order valence-electron chi connectivity index (χ0n) is 36.1. The first-order valence-electron chi connectivity index (χ1n) is 22.5. The standard InChI is InChI=1S/C62H47N3/c63-62(47-21-6-2-7-22-47)64-59(39-36-43-34-37-45(38-35-43)44-18-4-1-5-19-44)56-31-17-30-53(54-25-12-13-26-55(54)56)49-40-48(52-29-16-23-46-20-10-11-24-51(46)52)41-50(42-49)65-60-32-9-3-8-27-57(60)58-28-14-15-33-61(58)65/h1-2,4-30,32-35,37-42H,3,31,36H2,(H2,63,64)/b59-39-. The van der Waals surface area contributed by atoms with Crippen molar-refractivity contribution in [2.24, 2.45) is 10.7 Å². The van der Waals surface area contributed by atoms with Gasteiger partial charge in [0.15, 0.2) is 0 Å². The van der Waals surface area contributed by atoms with Crippen molar-refractivity contribution < 1.29 is 0 Å². The average molecular weight is 834 g/mol. The van der Waals surface area contributed by atoms with E-state index < -0.39 is 0 Å². The first-order valence-corrected chi connectivity index (χ1v) is 22.5. The summed E-state index contributed by atoms with van der Waals surface area (Å²) in [5.41, 5.74) is 22.8. The van der Waals surface area contributed by atoms with Crippen LogP contribution in [0.1, 0.15) is 40.8 Å². The molecule has 0 aliphatic heterocycles. The van der Waals surface area contributed by atoms with Crippen molar-refractivity contribution in [2.75, 3.05) is 0 Å². The van der Waals surface area contributed by atoms with E-state index >= 15 is 0 Å². The highest BCUT2D eigenvalue weighted by molar-refractivity contribution is 6.00. The Bertz CT molecular complexity index is 3540. The molecule has 8 aromatic carbocycles. The number of hydrogen-bond acceptors (Lipinski definition) is 1. The molecule has 2 aliphatic carbocycles. The molecule has 9 aromatic rings. The maximum atomic E-state index is 6.87. The second-order valence-electron chi connectivity index (χ2n) is 16.8. The summed E-state index contributed by atoms with van der Waals surface area (Å²) in [6.07, 6.45) is 18.3.